The summed E-state index contributed by atoms with van der Waals surface area (Å²) in [5.74, 6) is -0.952. The predicted octanol–water partition coefficient (Wildman–Crippen LogP) is -0.659. The summed E-state index contributed by atoms with van der Waals surface area (Å²) in [5, 5.41) is 10.9. The minimum absolute atomic E-state index is 0.143. The van der Waals surface area contributed by atoms with E-state index in [0.29, 0.717) is 5.69 Å². The zero-order chi connectivity index (χ0) is 8.43. The number of nitrogens with one attached hydrogen (secondary N) is 1. The van der Waals surface area contributed by atoms with Crippen LogP contribution < -0.4 is 5.56 Å². The van der Waals surface area contributed by atoms with E-state index in [1.54, 1.807) is 0 Å². The second kappa shape index (κ2) is 2.61. The van der Waals surface area contributed by atoms with Gasteiger partial charge in [-0.15, -0.1) is 0 Å². The third-order valence-electron chi connectivity index (χ3n) is 1.28. The van der Waals surface area contributed by atoms with Crippen molar-refractivity contribution in [3.8, 4) is 0 Å². The number of aromatic amines is 1. The number of aromatic nitrogens is 2. The van der Waals surface area contributed by atoms with Gasteiger partial charge in [-0.25, -0.2) is 0 Å². The van der Waals surface area contributed by atoms with Gasteiger partial charge in [0.15, 0.2) is 0 Å². The number of hydrogen-bond donors (Lipinski definition) is 2. The van der Waals surface area contributed by atoms with Crippen molar-refractivity contribution in [1.82, 2.24) is 9.78 Å². The molecule has 0 aliphatic heterocycles. The Morgan fingerprint density at radius 3 is 2.82 bits per heavy atom. The molecule has 0 unspecified atom stereocenters. The van der Waals surface area contributed by atoms with Gasteiger partial charge in [0.1, 0.15) is 0 Å². The minimum Gasteiger partial charge on any atom is -0.481 e. The number of H-pyrrole nitrogens is 1. The number of rotatable bonds is 2. The molecule has 1 aromatic rings. The van der Waals surface area contributed by atoms with E-state index in [0.717, 1.165) is 0 Å². The Morgan fingerprint density at radius 2 is 2.45 bits per heavy atom. The van der Waals surface area contributed by atoms with Crippen molar-refractivity contribution in [1.29, 1.82) is 0 Å². The van der Waals surface area contributed by atoms with Crippen molar-refractivity contribution in [2.24, 2.45) is 7.05 Å². The van der Waals surface area contributed by atoms with Gasteiger partial charge in [-0.05, 0) is 0 Å². The van der Waals surface area contributed by atoms with Crippen LogP contribution in [0.4, 0.5) is 0 Å². The highest BCUT2D eigenvalue weighted by Gasteiger charge is 2.03. The smallest absolute Gasteiger partial charge is 0.309 e. The van der Waals surface area contributed by atoms with Crippen LogP contribution in [0.25, 0.3) is 0 Å². The Hall–Kier alpha value is -1.52. The van der Waals surface area contributed by atoms with Gasteiger partial charge in [-0.1, -0.05) is 0 Å². The zero-order valence-electron chi connectivity index (χ0n) is 6.00. The van der Waals surface area contributed by atoms with E-state index in [4.69, 9.17) is 5.11 Å². The SMILES string of the molecule is Cn1[nH]c(CC(=O)O)cc1=O. The third kappa shape index (κ3) is 1.70. The molecule has 1 heterocycles. The van der Waals surface area contributed by atoms with Crippen molar-refractivity contribution >= 4 is 5.97 Å². The molecule has 0 bridgehead atoms. The molecule has 5 heteroatoms. The van der Waals surface area contributed by atoms with Gasteiger partial charge in [0.2, 0.25) is 0 Å². The second-order valence-electron chi connectivity index (χ2n) is 2.25. The third-order valence-corrected chi connectivity index (χ3v) is 1.28. The number of nitrogens with zero attached hydrogens (tertiary/aromatic N) is 1. The van der Waals surface area contributed by atoms with Gasteiger partial charge in [0.05, 0.1) is 6.42 Å². The number of aliphatic carboxylic acids is 1. The lowest BCUT2D eigenvalue weighted by Crippen LogP contribution is -2.09. The van der Waals surface area contributed by atoms with Crippen molar-refractivity contribution in [2.75, 3.05) is 0 Å². The first-order valence-electron chi connectivity index (χ1n) is 3.06. The number of carboxylic acids is 1. The molecular formula is C6H8N2O3. The average Bonchev–Trinajstić information content (AvgIpc) is 2.10. The van der Waals surface area contributed by atoms with Crippen LogP contribution in [0.15, 0.2) is 10.9 Å². The molecule has 0 aliphatic carbocycles. The molecule has 0 saturated carbocycles. The number of carbonyl (C=O) groups is 1. The molecule has 1 rings (SSSR count). The van der Waals surface area contributed by atoms with Crippen molar-refractivity contribution < 1.29 is 9.90 Å². The van der Waals surface area contributed by atoms with Crippen LogP contribution in [0, 0.1) is 0 Å². The van der Waals surface area contributed by atoms with Crippen molar-refractivity contribution in [2.45, 2.75) is 6.42 Å². The van der Waals surface area contributed by atoms with Crippen LogP contribution in [0.3, 0.4) is 0 Å². The number of carboxylic acid groups (broad SMARTS) is 1. The van der Waals surface area contributed by atoms with Gasteiger partial charge in [0, 0.05) is 18.8 Å². The first-order valence-corrected chi connectivity index (χ1v) is 3.06. The van der Waals surface area contributed by atoms with Crippen LogP contribution in [0.5, 0.6) is 0 Å². The molecule has 0 radical (unpaired) electrons. The summed E-state index contributed by atoms with van der Waals surface area (Å²) in [7, 11) is 1.54. The fourth-order valence-electron chi connectivity index (χ4n) is 0.802. The molecule has 5 nitrogen and oxygen atoms in total. The summed E-state index contributed by atoms with van der Waals surface area (Å²) < 4.78 is 1.23. The largest absolute Gasteiger partial charge is 0.481 e. The summed E-state index contributed by atoms with van der Waals surface area (Å²) in [4.78, 5) is 20.9. The predicted molar refractivity (Wildman–Crippen MR) is 37.4 cm³/mol. The van der Waals surface area contributed by atoms with E-state index < -0.39 is 5.97 Å². The minimum atomic E-state index is -0.952. The zero-order valence-corrected chi connectivity index (χ0v) is 6.00. The average molecular weight is 156 g/mol. The lowest BCUT2D eigenvalue weighted by Gasteiger charge is -1.89. The van der Waals surface area contributed by atoms with Crippen molar-refractivity contribution in [3.63, 3.8) is 0 Å². The summed E-state index contributed by atoms with van der Waals surface area (Å²) in [6.07, 6.45) is -0.143. The molecule has 11 heavy (non-hydrogen) atoms. The molecule has 0 aliphatic rings. The maximum Gasteiger partial charge on any atom is 0.309 e. The van der Waals surface area contributed by atoms with E-state index in [2.05, 4.69) is 5.10 Å². The molecule has 60 valence electrons. The summed E-state index contributed by atoms with van der Waals surface area (Å²) in [5.41, 5.74) is 0.200. The van der Waals surface area contributed by atoms with Gasteiger partial charge >= 0.3 is 5.97 Å². The second-order valence-corrected chi connectivity index (χ2v) is 2.25. The highest BCUT2D eigenvalue weighted by molar-refractivity contribution is 5.69. The quantitative estimate of drug-likeness (QED) is 0.596. The number of hydrogen-bond acceptors (Lipinski definition) is 2. The Balaban J connectivity index is 2.89. The van der Waals surface area contributed by atoms with E-state index in [1.165, 1.54) is 17.8 Å². The normalized spacial score (nSPS) is 9.91. The molecular weight excluding hydrogens is 148 g/mol. The van der Waals surface area contributed by atoms with Crippen molar-refractivity contribution in [3.05, 3.63) is 22.1 Å². The van der Waals surface area contributed by atoms with E-state index >= 15 is 0 Å². The Labute approximate surface area is 62.3 Å². The molecule has 0 atom stereocenters. The summed E-state index contributed by atoms with van der Waals surface area (Å²) >= 11 is 0. The van der Waals surface area contributed by atoms with Crippen LogP contribution in [0.2, 0.25) is 0 Å². The van der Waals surface area contributed by atoms with Gasteiger partial charge in [-0.3, -0.25) is 19.4 Å². The Kier molecular flexibility index (Phi) is 1.80. The molecule has 0 aromatic carbocycles. The maximum atomic E-state index is 10.8. The first kappa shape index (κ1) is 7.59. The first-order chi connectivity index (χ1) is 5.09. The van der Waals surface area contributed by atoms with Gasteiger partial charge in [-0.2, -0.15) is 0 Å². The van der Waals surface area contributed by atoms with Crippen LogP contribution in [0.1, 0.15) is 5.69 Å². The van der Waals surface area contributed by atoms with E-state index in [-0.39, 0.29) is 12.0 Å². The molecule has 2 N–H and O–H groups in total. The highest BCUT2D eigenvalue weighted by atomic mass is 16.4. The standard InChI is InChI=1S/C6H8N2O3/c1-8-5(9)2-4(7-8)3-6(10)11/h2,7H,3H2,1H3,(H,10,11). The molecule has 0 fully saturated rings. The van der Waals surface area contributed by atoms with Gasteiger partial charge < -0.3 is 5.11 Å². The Morgan fingerprint density at radius 1 is 1.82 bits per heavy atom. The summed E-state index contributed by atoms with van der Waals surface area (Å²) in [6.45, 7) is 0. The topological polar surface area (TPSA) is 75.1 Å². The molecule has 0 amide bonds. The van der Waals surface area contributed by atoms with Crippen LogP contribution in [-0.4, -0.2) is 20.9 Å². The van der Waals surface area contributed by atoms with Gasteiger partial charge in [0.25, 0.3) is 5.56 Å². The Bertz CT molecular complexity index is 323. The lowest BCUT2D eigenvalue weighted by atomic mass is 10.3. The highest BCUT2D eigenvalue weighted by Crippen LogP contribution is 1.89. The van der Waals surface area contributed by atoms with Crippen LogP contribution >= 0.6 is 0 Å². The molecule has 1 aromatic heterocycles. The van der Waals surface area contributed by atoms with E-state index in [1.807, 2.05) is 0 Å². The fraction of sp³-hybridized carbons (Fsp3) is 0.333. The molecule has 0 saturated heterocycles. The van der Waals surface area contributed by atoms with Crippen LogP contribution in [-0.2, 0) is 18.3 Å². The monoisotopic (exact) mass is 156 g/mol. The summed E-state index contributed by atoms with van der Waals surface area (Å²) in [6, 6.07) is 1.27. The lowest BCUT2D eigenvalue weighted by molar-refractivity contribution is -0.136. The number of aryl methyl sites for hydroxylation is 1. The van der Waals surface area contributed by atoms with E-state index in [9.17, 15) is 9.59 Å². The maximum absolute atomic E-state index is 10.8. The fourth-order valence-corrected chi connectivity index (χ4v) is 0.802. The molecule has 0 spiro atoms.